The average Bonchev–Trinajstić information content (AvgIpc) is 2.52. The van der Waals surface area contributed by atoms with E-state index in [1.165, 1.54) is 51.4 Å². The molecule has 2 rings (SSSR count). The summed E-state index contributed by atoms with van der Waals surface area (Å²) >= 11 is 0. The second kappa shape index (κ2) is 8.67. The molecule has 2 fully saturated rings. The fraction of sp³-hybridized carbons (Fsp3) is 0.944. The molecular formula is C18H31NO. The van der Waals surface area contributed by atoms with Gasteiger partial charge in [-0.3, -0.25) is 0 Å². The van der Waals surface area contributed by atoms with Gasteiger partial charge in [-0.2, -0.15) is 5.26 Å². The van der Waals surface area contributed by atoms with Gasteiger partial charge in [0.05, 0.1) is 6.07 Å². The topological polar surface area (TPSA) is 33.0 Å². The van der Waals surface area contributed by atoms with E-state index in [1.807, 2.05) is 0 Å². The third-order valence-electron chi connectivity index (χ3n) is 5.51. The van der Waals surface area contributed by atoms with Crippen LogP contribution >= 0.6 is 0 Å². The van der Waals surface area contributed by atoms with Crippen LogP contribution in [0.4, 0.5) is 0 Å². The lowest BCUT2D eigenvalue weighted by Gasteiger charge is -2.36. The molecule has 0 aromatic rings. The monoisotopic (exact) mass is 277 g/mol. The van der Waals surface area contributed by atoms with Crippen LogP contribution in [0.1, 0.15) is 71.1 Å². The van der Waals surface area contributed by atoms with Crippen LogP contribution in [0.15, 0.2) is 0 Å². The first-order valence-corrected chi connectivity index (χ1v) is 8.80. The van der Waals surface area contributed by atoms with Crippen molar-refractivity contribution in [2.75, 3.05) is 13.2 Å². The zero-order chi connectivity index (χ0) is 14.2. The third-order valence-corrected chi connectivity index (χ3v) is 5.51. The zero-order valence-corrected chi connectivity index (χ0v) is 13.2. The number of unbranched alkanes of at least 4 members (excludes halogenated alkanes) is 1. The highest BCUT2D eigenvalue weighted by atomic mass is 16.5. The zero-order valence-electron chi connectivity index (χ0n) is 13.2. The largest absolute Gasteiger partial charge is 0.381 e. The Balaban J connectivity index is 1.61. The normalized spacial score (nSPS) is 34.6. The predicted octanol–water partition coefficient (Wildman–Crippen LogP) is 4.94. The van der Waals surface area contributed by atoms with Crippen LogP contribution in [0.3, 0.4) is 0 Å². The van der Waals surface area contributed by atoms with Crippen LogP contribution < -0.4 is 0 Å². The van der Waals surface area contributed by atoms with Crippen LogP contribution in [-0.2, 0) is 4.74 Å². The van der Waals surface area contributed by atoms with Crippen molar-refractivity contribution in [3.8, 4) is 6.07 Å². The summed E-state index contributed by atoms with van der Waals surface area (Å²) in [5.41, 5.74) is 0. The Morgan fingerprint density at radius 2 is 1.55 bits per heavy atom. The molecule has 2 heteroatoms. The highest BCUT2D eigenvalue weighted by molar-refractivity contribution is 4.89. The molecule has 0 amide bonds. The Morgan fingerprint density at radius 3 is 2.10 bits per heavy atom. The van der Waals surface area contributed by atoms with E-state index in [2.05, 4.69) is 13.0 Å². The Hall–Kier alpha value is -0.550. The van der Waals surface area contributed by atoms with Crippen molar-refractivity contribution >= 4 is 0 Å². The molecule has 0 bridgehead atoms. The van der Waals surface area contributed by atoms with Crippen LogP contribution in [0.25, 0.3) is 0 Å². The molecule has 2 saturated carbocycles. The average molecular weight is 277 g/mol. The molecule has 0 radical (unpaired) electrons. The summed E-state index contributed by atoms with van der Waals surface area (Å²) < 4.78 is 5.79. The summed E-state index contributed by atoms with van der Waals surface area (Å²) in [7, 11) is 0. The summed E-state index contributed by atoms with van der Waals surface area (Å²) in [6.45, 7) is 4.16. The van der Waals surface area contributed by atoms with Crippen molar-refractivity contribution in [1.82, 2.24) is 0 Å². The van der Waals surface area contributed by atoms with E-state index in [4.69, 9.17) is 10.00 Å². The quantitative estimate of drug-likeness (QED) is 0.644. The smallest absolute Gasteiger partial charge is 0.0655 e. The van der Waals surface area contributed by atoms with E-state index in [9.17, 15) is 0 Å². The van der Waals surface area contributed by atoms with Crippen molar-refractivity contribution in [3.63, 3.8) is 0 Å². The van der Waals surface area contributed by atoms with Gasteiger partial charge in [-0.25, -0.2) is 0 Å². The number of rotatable bonds is 6. The lowest BCUT2D eigenvalue weighted by molar-refractivity contribution is 0.0646. The van der Waals surface area contributed by atoms with E-state index >= 15 is 0 Å². The van der Waals surface area contributed by atoms with E-state index in [0.717, 1.165) is 43.8 Å². The molecule has 0 atom stereocenters. The number of nitriles is 1. The lowest BCUT2D eigenvalue weighted by atomic mass is 9.69. The highest BCUT2D eigenvalue weighted by Crippen LogP contribution is 2.41. The van der Waals surface area contributed by atoms with Crippen LogP contribution in [0.5, 0.6) is 0 Å². The van der Waals surface area contributed by atoms with Crippen molar-refractivity contribution in [3.05, 3.63) is 0 Å². The number of nitrogens with zero attached hydrogens (tertiary/aromatic N) is 1. The molecule has 0 aromatic heterocycles. The molecule has 0 aromatic carbocycles. The highest BCUT2D eigenvalue weighted by Gasteiger charge is 2.30. The van der Waals surface area contributed by atoms with Gasteiger partial charge in [-0.1, -0.05) is 13.3 Å². The van der Waals surface area contributed by atoms with Gasteiger partial charge in [0.15, 0.2) is 0 Å². The first-order valence-electron chi connectivity index (χ1n) is 8.80. The van der Waals surface area contributed by atoms with Crippen molar-refractivity contribution in [2.24, 2.45) is 23.7 Å². The minimum absolute atomic E-state index is 0.356. The Bertz CT molecular complexity index is 293. The maximum absolute atomic E-state index is 8.98. The Labute approximate surface area is 124 Å². The molecule has 114 valence electrons. The first-order chi connectivity index (χ1) is 9.83. The maximum atomic E-state index is 8.98. The fourth-order valence-corrected chi connectivity index (χ4v) is 4.04. The molecule has 0 aliphatic heterocycles. The Kier molecular flexibility index (Phi) is 6.87. The third kappa shape index (κ3) is 4.77. The van der Waals surface area contributed by atoms with Gasteiger partial charge in [-0.15, -0.1) is 0 Å². The summed E-state index contributed by atoms with van der Waals surface area (Å²) in [5, 5.41) is 8.98. The van der Waals surface area contributed by atoms with Crippen LogP contribution in [0.2, 0.25) is 0 Å². The summed E-state index contributed by atoms with van der Waals surface area (Å²) in [5.74, 6) is 3.04. The van der Waals surface area contributed by atoms with Gasteiger partial charge in [-0.05, 0) is 75.5 Å². The second-order valence-corrected chi connectivity index (χ2v) is 6.95. The van der Waals surface area contributed by atoms with Gasteiger partial charge < -0.3 is 4.74 Å². The minimum Gasteiger partial charge on any atom is -0.381 e. The molecule has 0 saturated heterocycles. The van der Waals surface area contributed by atoms with Gasteiger partial charge in [0, 0.05) is 19.1 Å². The van der Waals surface area contributed by atoms with Crippen LogP contribution in [-0.4, -0.2) is 13.2 Å². The summed E-state index contributed by atoms with van der Waals surface area (Å²) in [4.78, 5) is 0. The van der Waals surface area contributed by atoms with Crippen molar-refractivity contribution in [2.45, 2.75) is 71.1 Å². The van der Waals surface area contributed by atoms with E-state index < -0.39 is 0 Å². The van der Waals surface area contributed by atoms with Gasteiger partial charge >= 0.3 is 0 Å². The van der Waals surface area contributed by atoms with Gasteiger partial charge in [0.25, 0.3) is 0 Å². The predicted molar refractivity (Wildman–Crippen MR) is 82.2 cm³/mol. The molecule has 2 aliphatic carbocycles. The molecule has 20 heavy (non-hydrogen) atoms. The number of hydrogen-bond acceptors (Lipinski definition) is 2. The van der Waals surface area contributed by atoms with Crippen molar-refractivity contribution < 1.29 is 4.74 Å². The number of hydrogen-bond donors (Lipinski definition) is 0. The van der Waals surface area contributed by atoms with Crippen LogP contribution in [0, 0.1) is 35.0 Å². The molecular weight excluding hydrogens is 246 g/mol. The SMILES string of the molecule is CCCCOCC1CCC(C2CCC(C#N)CC2)CC1. The molecule has 2 aliphatic rings. The van der Waals surface area contributed by atoms with Crippen molar-refractivity contribution in [1.29, 1.82) is 5.26 Å². The molecule has 0 unspecified atom stereocenters. The molecule has 0 spiro atoms. The molecule has 0 N–H and O–H groups in total. The second-order valence-electron chi connectivity index (χ2n) is 6.95. The lowest BCUT2D eigenvalue weighted by Crippen LogP contribution is -2.27. The van der Waals surface area contributed by atoms with E-state index in [1.54, 1.807) is 0 Å². The maximum Gasteiger partial charge on any atom is 0.0655 e. The Morgan fingerprint density at radius 1 is 0.950 bits per heavy atom. The summed E-state index contributed by atoms with van der Waals surface area (Å²) in [6, 6.07) is 2.45. The number of ether oxygens (including phenoxy) is 1. The first kappa shape index (κ1) is 15.8. The molecule has 0 heterocycles. The van der Waals surface area contributed by atoms with Gasteiger partial charge in [0.2, 0.25) is 0 Å². The summed E-state index contributed by atoms with van der Waals surface area (Å²) in [6.07, 6.45) is 12.9. The standard InChI is InChI=1S/C18H31NO/c1-2-3-12-20-14-16-6-10-18(11-7-16)17-8-4-15(13-19)5-9-17/h15-18H,2-12,14H2,1H3. The molecule has 2 nitrogen and oxygen atoms in total. The van der Waals surface area contributed by atoms with E-state index in [-0.39, 0.29) is 0 Å². The fourth-order valence-electron chi connectivity index (χ4n) is 4.04. The van der Waals surface area contributed by atoms with E-state index in [0.29, 0.717) is 5.92 Å². The van der Waals surface area contributed by atoms with Gasteiger partial charge in [0.1, 0.15) is 0 Å². The minimum atomic E-state index is 0.356.